The largest absolute Gasteiger partial charge is 0.451 e. The van der Waals surface area contributed by atoms with Gasteiger partial charge in [-0.3, -0.25) is 4.79 Å². The molecule has 15 heavy (non-hydrogen) atoms. The number of esters is 1. The van der Waals surface area contributed by atoms with E-state index in [2.05, 4.69) is 10.3 Å². The summed E-state index contributed by atoms with van der Waals surface area (Å²) in [6, 6.07) is 1.68. The Labute approximate surface area is 87.1 Å². The molecule has 0 atom stereocenters. The molecule has 0 amide bonds. The van der Waals surface area contributed by atoms with Crippen molar-refractivity contribution in [1.29, 1.82) is 0 Å². The minimum atomic E-state index is -1.04. The third kappa shape index (κ3) is 2.55. The van der Waals surface area contributed by atoms with E-state index in [1.165, 1.54) is 17.8 Å². The van der Waals surface area contributed by atoms with Gasteiger partial charge < -0.3 is 9.94 Å². The van der Waals surface area contributed by atoms with Crippen LogP contribution in [0.2, 0.25) is 0 Å². The minimum absolute atomic E-state index is 0.141. The molecule has 1 aromatic rings. The van der Waals surface area contributed by atoms with Crippen molar-refractivity contribution in [3.8, 4) is 0 Å². The lowest BCUT2D eigenvalue weighted by molar-refractivity contribution is -0.148. The van der Waals surface area contributed by atoms with Crippen LogP contribution >= 0.6 is 0 Å². The van der Waals surface area contributed by atoms with Gasteiger partial charge in [-0.25, -0.2) is 4.68 Å². The van der Waals surface area contributed by atoms with E-state index in [1.54, 1.807) is 26.1 Å². The predicted octanol–water partition coefficient (Wildman–Crippen LogP) is 0.861. The monoisotopic (exact) mass is 211 g/mol. The molecular weight excluding hydrogens is 198 g/mol. The van der Waals surface area contributed by atoms with Gasteiger partial charge in [0.15, 0.2) is 5.60 Å². The molecule has 1 rings (SSSR count). The molecule has 0 unspecified atom stereocenters. The molecule has 0 aliphatic carbocycles. The van der Waals surface area contributed by atoms with Crippen molar-refractivity contribution in [2.45, 2.75) is 26.4 Å². The first-order valence-electron chi connectivity index (χ1n) is 4.39. The summed E-state index contributed by atoms with van der Waals surface area (Å²) in [5, 5.41) is 15.9. The molecule has 0 saturated heterocycles. The molecule has 0 bridgehead atoms. The van der Waals surface area contributed by atoms with Gasteiger partial charge in [-0.15, -0.1) is 0 Å². The van der Waals surface area contributed by atoms with E-state index in [9.17, 15) is 4.79 Å². The second-order valence-electron chi connectivity index (χ2n) is 3.48. The molecule has 0 saturated carbocycles. The average molecular weight is 211 g/mol. The number of nitrogens with zero attached hydrogens (tertiary/aromatic N) is 3. The molecule has 1 N–H and O–H groups in total. The van der Waals surface area contributed by atoms with Crippen LogP contribution in [0.1, 0.15) is 20.8 Å². The number of ether oxygens (including phenoxy) is 1. The smallest absolute Gasteiger partial charge is 0.303 e. The summed E-state index contributed by atoms with van der Waals surface area (Å²) >= 11 is 0. The highest BCUT2D eigenvalue weighted by Gasteiger charge is 2.31. The fourth-order valence-corrected chi connectivity index (χ4v) is 1.24. The van der Waals surface area contributed by atoms with E-state index < -0.39 is 11.6 Å². The lowest BCUT2D eigenvalue weighted by atomic mass is 10.1. The number of oxime groups is 1. The zero-order chi connectivity index (χ0) is 11.5. The van der Waals surface area contributed by atoms with Gasteiger partial charge in [-0.2, -0.15) is 5.10 Å². The van der Waals surface area contributed by atoms with E-state index in [-0.39, 0.29) is 5.84 Å². The summed E-state index contributed by atoms with van der Waals surface area (Å²) in [6.07, 6.45) is 3.13. The zero-order valence-electron chi connectivity index (χ0n) is 8.84. The second-order valence-corrected chi connectivity index (χ2v) is 3.48. The van der Waals surface area contributed by atoms with Crippen LogP contribution in [0.4, 0.5) is 0 Å². The highest BCUT2D eigenvalue weighted by molar-refractivity contribution is 5.92. The maximum absolute atomic E-state index is 10.9. The van der Waals surface area contributed by atoms with Gasteiger partial charge in [-0.1, -0.05) is 5.16 Å². The van der Waals surface area contributed by atoms with Gasteiger partial charge in [0.05, 0.1) is 0 Å². The Bertz CT molecular complexity index is 368. The summed E-state index contributed by atoms with van der Waals surface area (Å²) < 4.78 is 6.36. The Morgan fingerprint density at radius 1 is 1.60 bits per heavy atom. The normalized spacial score (nSPS) is 12.6. The minimum Gasteiger partial charge on any atom is -0.451 e. The van der Waals surface area contributed by atoms with E-state index >= 15 is 0 Å². The molecule has 0 aliphatic heterocycles. The van der Waals surface area contributed by atoms with Crippen LogP contribution in [0.3, 0.4) is 0 Å². The van der Waals surface area contributed by atoms with Crippen molar-refractivity contribution < 1.29 is 14.7 Å². The number of rotatable bonds is 2. The second kappa shape index (κ2) is 4.12. The molecule has 6 heteroatoms. The lowest BCUT2D eigenvalue weighted by Crippen LogP contribution is -2.41. The van der Waals surface area contributed by atoms with E-state index in [0.29, 0.717) is 0 Å². The van der Waals surface area contributed by atoms with Gasteiger partial charge in [0.2, 0.25) is 5.84 Å². The van der Waals surface area contributed by atoms with Crippen LogP contribution in [-0.4, -0.2) is 32.4 Å². The molecule has 1 heterocycles. The Hall–Kier alpha value is -1.85. The van der Waals surface area contributed by atoms with Crippen molar-refractivity contribution >= 4 is 11.8 Å². The molecular formula is C9H13N3O3. The van der Waals surface area contributed by atoms with E-state index in [1.807, 2.05) is 0 Å². The van der Waals surface area contributed by atoms with Crippen LogP contribution in [0.25, 0.3) is 0 Å². The van der Waals surface area contributed by atoms with E-state index in [4.69, 9.17) is 9.94 Å². The van der Waals surface area contributed by atoms with Gasteiger partial charge in [0.1, 0.15) is 0 Å². The van der Waals surface area contributed by atoms with Crippen LogP contribution in [0.15, 0.2) is 23.6 Å². The van der Waals surface area contributed by atoms with Gasteiger partial charge in [-0.05, 0) is 19.9 Å². The first-order valence-corrected chi connectivity index (χ1v) is 4.39. The number of carbonyl (C=O) groups excluding carboxylic acids is 1. The predicted molar refractivity (Wildman–Crippen MR) is 52.7 cm³/mol. The first kappa shape index (κ1) is 11.2. The molecule has 0 aromatic carbocycles. The molecule has 0 radical (unpaired) electrons. The van der Waals surface area contributed by atoms with E-state index in [0.717, 1.165) is 0 Å². The third-order valence-electron chi connectivity index (χ3n) is 1.75. The van der Waals surface area contributed by atoms with Crippen molar-refractivity contribution in [1.82, 2.24) is 9.78 Å². The molecule has 6 nitrogen and oxygen atoms in total. The van der Waals surface area contributed by atoms with Crippen molar-refractivity contribution in [3.05, 3.63) is 18.5 Å². The Kier molecular flexibility index (Phi) is 3.08. The van der Waals surface area contributed by atoms with Crippen molar-refractivity contribution in [3.63, 3.8) is 0 Å². The number of carbonyl (C=O) groups is 1. The molecule has 0 fully saturated rings. The summed E-state index contributed by atoms with van der Waals surface area (Å²) in [4.78, 5) is 10.9. The average Bonchev–Trinajstić information content (AvgIpc) is 2.54. The molecule has 1 aromatic heterocycles. The van der Waals surface area contributed by atoms with Gasteiger partial charge in [0.25, 0.3) is 0 Å². The van der Waals surface area contributed by atoms with Crippen LogP contribution in [-0.2, 0) is 9.53 Å². The Morgan fingerprint density at radius 3 is 2.67 bits per heavy atom. The SMILES string of the molecule is CC(=O)OC(C)(C)C(=NO)n1cccn1. The van der Waals surface area contributed by atoms with Gasteiger partial charge in [0, 0.05) is 19.3 Å². The standard InChI is InChI=1S/C9H13N3O3/c1-7(13)15-9(2,3)8(11-14)12-6-4-5-10-12/h4-6,14H,1-3H3. The number of hydrogen-bond acceptors (Lipinski definition) is 5. The van der Waals surface area contributed by atoms with Crippen molar-refractivity contribution in [2.75, 3.05) is 0 Å². The zero-order valence-corrected chi connectivity index (χ0v) is 8.84. The molecule has 0 aliphatic rings. The summed E-state index contributed by atoms with van der Waals surface area (Å²) in [6.45, 7) is 4.52. The van der Waals surface area contributed by atoms with Gasteiger partial charge >= 0.3 is 5.97 Å². The number of hydrogen-bond donors (Lipinski definition) is 1. The first-order chi connectivity index (χ1) is 6.97. The summed E-state index contributed by atoms with van der Waals surface area (Å²) in [7, 11) is 0. The Balaban J connectivity index is 2.98. The third-order valence-corrected chi connectivity index (χ3v) is 1.75. The van der Waals surface area contributed by atoms with Crippen molar-refractivity contribution in [2.24, 2.45) is 5.16 Å². The van der Waals surface area contributed by atoms with Crippen LogP contribution in [0, 0.1) is 0 Å². The highest BCUT2D eigenvalue weighted by Crippen LogP contribution is 2.13. The lowest BCUT2D eigenvalue weighted by Gasteiger charge is -2.24. The molecule has 0 spiro atoms. The fourth-order valence-electron chi connectivity index (χ4n) is 1.24. The fraction of sp³-hybridized carbons (Fsp3) is 0.444. The summed E-state index contributed by atoms with van der Waals surface area (Å²) in [5.74, 6) is -0.309. The topological polar surface area (TPSA) is 76.7 Å². The highest BCUT2D eigenvalue weighted by atomic mass is 16.6. The summed E-state index contributed by atoms with van der Waals surface area (Å²) in [5.41, 5.74) is -1.04. The Morgan fingerprint density at radius 2 is 2.27 bits per heavy atom. The number of aromatic nitrogens is 2. The quantitative estimate of drug-likeness (QED) is 0.259. The maximum atomic E-state index is 10.9. The molecule has 82 valence electrons. The van der Waals surface area contributed by atoms with Crippen LogP contribution < -0.4 is 0 Å². The maximum Gasteiger partial charge on any atom is 0.303 e. The van der Waals surface area contributed by atoms with Crippen LogP contribution in [0.5, 0.6) is 0 Å².